The molecule has 0 aromatic carbocycles. The number of hydrogen-bond acceptors (Lipinski definition) is 9. The number of aliphatic hydroxyl groups is 1. The fourth-order valence-corrected chi connectivity index (χ4v) is 5.73. The van der Waals surface area contributed by atoms with Crippen molar-refractivity contribution in [3.05, 3.63) is 47.4 Å². The van der Waals surface area contributed by atoms with E-state index in [1.807, 2.05) is 29.9 Å². The van der Waals surface area contributed by atoms with E-state index in [4.69, 9.17) is 14.5 Å². The van der Waals surface area contributed by atoms with Gasteiger partial charge in [0.25, 0.3) is 0 Å². The fourth-order valence-electron chi connectivity index (χ4n) is 5.73. The van der Waals surface area contributed by atoms with Gasteiger partial charge in [-0.15, -0.1) is 0 Å². The SMILES string of the molecule is CCc1cnn2c(NCc3ccc(C(C)OCCOC4CCNCC4)nc3)cc(N3CCCC[C@H]3CCO)nc12. The Balaban J connectivity index is 1.21. The summed E-state index contributed by atoms with van der Waals surface area (Å²) in [5.74, 6) is 1.86. The molecular weight excluding hydrogens is 506 g/mol. The maximum absolute atomic E-state index is 9.63. The standard InChI is InChI=1S/C30H45N7O3/c1-3-24-21-34-37-28(18-29(35-30(24)37)36-14-5-4-6-25(36)11-15-38)33-20-23-7-8-27(32-19-23)22(2)39-16-17-40-26-9-12-31-13-10-26/h7-8,18-19,21-22,25-26,31,33,38H,3-6,9-17,20H2,1-2H3/t22?,25-/m0/s1. The summed E-state index contributed by atoms with van der Waals surface area (Å²) in [5, 5.41) is 21.2. The van der Waals surface area contributed by atoms with E-state index in [2.05, 4.69) is 44.7 Å². The molecule has 0 bridgehead atoms. The molecule has 2 fully saturated rings. The van der Waals surface area contributed by atoms with Gasteiger partial charge in [-0.25, -0.2) is 4.98 Å². The first kappa shape index (κ1) is 28.7. The van der Waals surface area contributed by atoms with E-state index < -0.39 is 0 Å². The van der Waals surface area contributed by atoms with Gasteiger partial charge < -0.3 is 30.1 Å². The second-order valence-corrected chi connectivity index (χ2v) is 10.9. The molecule has 3 N–H and O–H groups in total. The van der Waals surface area contributed by atoms with Crippen LogP contribution in [0, 0.1) is 0 Å². The Hall–Kier alpha value is -2.79. The van der Waals surface area contributed by atoms with E-state index in [9.17, 15) is 5.11 Å². The van der Waals surface area contributed by atoms with Crippen LogP contribution in [0.25, 0.3) is 5.65 Å². The van der Waals surface area contributed by atoms with Crippen LogP contribution in [0.5, 0.6) is 0 Å². The molecule has 2 aliphatic heterocycles. The number of aliphatic hydroxyl groups excluding tert-OH is 1. The van der Waals surface area contributed by atoms with Crippen LogP contribution >= 0.6 is 0 Å². The van der Waals surface area contributed by atoms with E-state index in [1.54, 1.807) is 0 Å². The van der Waals surface area contributed by atoms with Crippen molar-refractivity contribution in [1.82, 2.24) is 24.9 Å². The Bertz CT molecular complexity index is 1190. The Labute approximate surface area is 237 Å². The summed E-state index contributed by atoms with van der Waals surface area (Å²) in [6.45, 7) is 9.19. The lowest BCUT2D eigenvalue weighted by atomic mass is 9.99. The van der Waals surface area contributed by atoms with Crippen molar-refractivity contribution >= 4 is 17.3 Å². The molecule has 2 saturated heterocycles. The predicted octanol–water partition coefficient (Wildman–Crippen LogP) is 3.89. The van der Waals surface area contributed by atoms with Crippen LogP contribution in [-0.4, -0.2) is 76.3 Å². The van der Waals surface area contributed by atoms with Crippen LogP contribution in [0.3, 0.4) is 0 Å². The first-order valence-corrected chi connectivity index (χ1v) is 15.0. The van der Waals surface area contributed by atoms with Crippen LogP contribution in [0.2, 0.25) is 0 Å². The third-order valence-corrected chi connectivity index (χ3v) is 8.12. The lowest BCUT2D eigenvalue weighted by Crippen LogP contribution is -2.40. The Morgan fingerprint density at radius 3 is 2.80 bits per heavy atom. The maximum Gasteiger partial charge on any atom is 0.162 e. The highest BCUT2D eigenvalue weighted by Crippen LogP contribution is 2.29. The Morgan fingerprint density at radius 1 is 1.15 bits per heavy atom. The monoisotopic (exact) mass is 551 g/mol. The molecule has 1 unspecified atom stereocenters. The number of fused-ring (bicyclic) bond motifs is 1. The third-order valence-electron chi connectivity index (χ3n) is 8.12. The Kier molecular flexibility index (Phi) is 10.2. The quantitative estimate of drug-likeness (QED) is 0.273. The fraction of sp³-hybridized carbons (Fsp3) is 0.633. The van der Waals surface area contributed by atoms with E-state index in [0.29, 0.717) is 31.9 Å². The molecule has 40 heavy (non-hydrogen) atoms. The summed E-state index contributed by atoms with van der Waals surface area (Å²) in [7, 11) is 0. The molecular formula is C30H45N7O3. The molecule has 2 atom stereocenters. The first-order valence-electron chi connectivity index (χ1n) is 15.0. The average Bonchev–Trinajstić information content (AvgIpc) is 3.42. The van der Waals surface area contributed by atoms with Gasteiger partial charge >= 0.3 is 0 Å². The zero-order valence-electron chi connectivity index (χ0n) is 24.0. The zero-order chi connectivity index (χ0) is 27.7. The second-order valence-electron chi connectivity index (χ2n) is 10.9. The van der Waals surface area contributed by atoms with Gasteiger partial charge in [-0.2, -0.15) is 9.61 Å². The number of aryl methyl sites for hydroxylation is 1. The Morgan fingerprint density at radius 2 is 2.02 bits per heavy atom. The highest BCUT2D eigenvalue weighted by Gasteiger charge is 2.25. The van der Waals surface area contributed by atoms with E-state index >= 15 is 0 Å². The number of ether oxygens (including phenoxy) is 2. The summed E-state index contributed by atoms with van der Waals surface area (Å²) in [4.78, 5) is 12.1. The number of hydrogen-bond donors (Lipinski definition) is 3. The summed E-state index contributed by atoms with van der Waals surface area (Å²) >= 11 is 0. The molecule has 10 heteroatoms. The largest absolute Gasteiger partial charge is 0.396 e. The molecule has 0 saturated carbocycles. The highest BCUT2D eigenvalue weighted by atomic mass is 16.5. The van der Waals surface area contributed by atoms with Gasteiger partial charge in [0.1, 0.15) is 11.6 Å². The van der Waals surface area contributed by atoms with Gasteiger partial charge in [0, 0.05) is 43.6 Å². The van der Waals surface area contributed by atoms with Crippen molar-refractivity contribution in [2.45, 2.75) is 83.6 Å². The van der Waals surface area contributed by atoms with Crippen LogP contribution in [0.4, 0.5) is 11.6 Å². The molecule has 0 aliphatic carbocycles. The third kappa shape index (κ3) is 7.09. The molecule has 0 radical (unpaired) electrons. The normalized spacial score (nSPS) is 19.3. The number of pyridine rings is 1. The minimum absolute atomic E-state index is 0.0889. The van der Waals surface area contributed by atoms with Crippen LogP contribution in [-0.2, 0) is 22.4 Å². The number of rotatable bonds is 13. The summed E-state index contributed by atoms with van der Waals surface area (Å²) in [6.07, 6.45) is 11.3. The highest BCUT2D eigenvalue weighted by molar-refractivity contribution is 5.61. The number of nitrogens with zero attached hydrogens (tertiary/aromatic N) is 5. The topological polar surface area (TPSA) is 109 Å². The van der Waals surface area contributed by atoms with Crippen LogP contribution < -0.4 is 15.5 Å². The summed E-state index contributed by atoms with van der Waals surface area (Å²) < 4.78 is 13.8. The molecule has 218 valence electrons. The van der Waals surface area contributed by atoms with Crippen molar-refractivity contribution in [2.24, 2.45) is 0 Å². The smallest absolute Gasteiger partial charge is 0.162 e. The lowest BCUT2D eigenvalue weighted by molar-refractivity contribution is -0.0272. The molecule has 0 amide bonds. The number of piperidine rings is 2. The van der Waals surface area contributed by atoms with Gasteiger partial charge in [0.05, 0.1) is 37.3 Å². The number of aromatic nitrogens is 4. The molecule has 2 aliphatic rings. The minimum Gasteiger partial charge on any atom is -0.396 e. The minimum atomic E-state index is -0.0889. The molecule has 5 heterocycles. The maximum atomic E-state index is 9.63. The van der Waals surface area contributed by atoms with Gasteiger partial charge in [-0.3, -0.25) is 4.98 Å². The zero-order valence-corrected chi connectivity index (χ0v) is 24.0. The van der Waals surface area contributed by atoms with Gasteiger partial charge in [-0.05, 0) is 76.6 Å². The predicted molar refractivity (Wildman–Crippen MR) is 157 cm³/mol. The summed E-state index contributed by atoms with van der Waals surface area (Å²) in [5.41, 5.74) is 4.01. The number of anilines is 2. The second kappa shape index (κ2) is 14.2. The first-order chi connectivity index (χ1) is 19.7. The molecule has 3 aromatic rings. The van der Waals surface area contributed by atoms with E-state index in [-0.39, 0.29) is 12.7 Å². The van der Waals surface area contributed by atoms with Crippen molar-refractivity contribution in [2.75, 3.05) is 49.7 Å². The van der Waals surface area contributed by atoms with E-state index in [1.165, 1.54) is 6.42 Å². The number of nitrogens with one attached hydrogen (secondary N) is 2. The van der Waals surface area contributed by atoms with Crippen LogP contribution in [0.1, 0.15) is 75.3 Å². The molecule has 0 spiro atoms. The van der Waals surface area contributed by atoms with Crippen molar-refractivity contribution in [3.8, 4) is 0 Å². The molecule has 5 rings (SSSR count). The van der Waals surface area contributed by atoms with Crippen molar-refractivity contribution in [3.63, 3.8) is 0 Å². The van der Waals surface area contributed by atoms with Gasteiger partial charge in [0.15, 0.2) is 5.65 Å². The molecule has 10 nitrogen and oxygen atoms in total. The van der Waals surface area contributed by atoms with Crippen molar-refractivity contribution < 1.29 is 14.6 Å². The molecule has 3 aromatic heterocycles. The summed E-state index contributed by atoms with van der Waals surface area (Å²) in [6, 6.07) is 6.55. The van der Waals surface area contributed by atoms with Crippen LogP contribution in [0.15, 0.2) is 30.6 Å². The van der Waals surface area contributed by atoms with Gasteiger partial charge in [-0.1, -0.05) is 13.0 Å². The van der Waals surface area contributed by atoms with Gasteiger partial charge in [0.2, 0.25) is 0 Å². The van der Waals surface area contributed by atoms with Crippen molar-refractivity contribution in [1.29, 1.82) is 0 Å². The van der Waals surface area contributed by atoms with E-state index in [0.717, 1.165) is 92.3 Å². The average molecular weight is 552 g/mol. The lowest BCUT2D eigenvalue weighted by Gasteiger charge is -2.36.